The zero-order chi connectivity index (χ0) is 20.9. The lowest BCUT2D eigenvalue weighted by Gasteiger charge is -2.10. The molecule has 0 aliphatic carbocycles. The van der Waals surface area contributed by atoms with Crippen LogP contribution in [-0.4, -0.2) is 24.7 Å². The van der Waals surface area contributed by atoms with Crippen LogP contribution in [0.4, 0.5) is 18.9 Å². The van der Waals surface area contributed by atoms with Crippen molar-refractivity contribution in [3.8, 4) is 5.75 Å². The molecule has 1 aromatic heterocycles. The summed E-state index contributed by atoms with van der Waals surface area (Å²) in [6.45, 7) is 0.266. The molecule has 0 aliphatic heterocycles. The van der Waals surface area contributed by atoms with Crippen molar-refractivity contribution in [1.82, 2.24) is 5.32 Å². The molecule has 0 aliphatic rings. The number of fused-ring (bicyclic) bond motifs is 1. The lowest BCUT2D eigenvalue weighted by atomic mass is 10.2. The fraction of sp³-hybridized carbons (Fsp3) is 0.200. The van der Waals surface area contributed by atoms with Crippen molar-refractivity contribution < 1.29 is 31.9 Å². The van der Waals surface area contributed by atoms with Crippen LogP contribution >= 0.6 is 0 Å². The molecule has 2 N–H and O–H groups in total. The number of benzene rings is 2. The molecule has 0 spiro atoms. The van der Waals surface area contributed by atoms with Gasteiger partial charge in [-0.3, -0.25) is 9.59 Å². The van der Waals surface area contributed by atoms with Gasteiger partial charge in [0.2, 0.25) is 0 Å². The molecule has 0 radical (unpaired) electrons. The van der Waals surface area contributed by atoms with Gasteiger partial charge >= 0.3 is 18.2 Å². The molecule has 0 unspecified atom stereocenters. The Morgan fingerprint density at radius 2 is 1.72 bits per heavy atom. The first-order chi connectivity index (χ1) is 13.8. The van der Waals surface area contributed by atoms with Crippen molar-refractivity contribution in [2.24, 2.45) is 0 Å². The molecule has 3 rings (SSSR count). The minimum absolute atomic E-state index is 0.168. The third-order valence-electron chi connectivity index (χ3n) is 3.91. The average Bonchev–Trinajstić information content (AvgIpc) is 3.08. The maximum atomic E-state index is 12.1. The van der Waals surface area contributed by atoms with E-state index in [-0.39, 0.29) is 12.2 Å². The van der Waals surface area contributed by atoms with Crippen LogP contribution in [-0.2, 0) is 16.0 Å². The Kier molecular flexibility index (Phi) is 6.06. The summed E-state index contributed by atoms with van der Waals surface area (Å²) in [7, 11) is 0. The van der Waals surface area contributed by atoms with E-state index in [9.17, 15) is 22.8 Å². The smallest absolute Gasteiger partial charge is 0.461 e. The maximum Gasteiger partial charge on any atom is 0.573 e. The molecule has 29 heavy (non-hydrogen) atoms. The first-order valence-corrected chi connectivity index (χ1v) is 8.72. The van der Waals surface area contributed by atoms with E-state index in [1.165, 1.54) is 12.1 Å². The predicted molar refractivity (Wildman–Crippen MR) is 99.3 cm³/mol. The maximum absolute atomic E-state index is 12.1. The fourth-order valence-corrected chi connectivity index (χ4v) is 2.63. The van der Waals surface area contributed by atoms with E-state index in [0.29, 0.717) is 12.8 Å². The number of aryl methyl sites for hydroxylation is 1. The summed E-state index contributed by atoms with van der Waals surface area (Å²) in [5, 5.41) is 5.78. The summed E-state index contributed by atoms with van der Waals surface area (Å²) >= 11 is 0. The number of alkyl halides is 3. The van der Waals surface area contributed by atoms with Gasteiger partial charge in [-0.05, 0) is 42.8 Å². The minimum Gasteiger partial charge on any atom is -0.461 e. The van der Waals surface area contributed by atoms with Crippen LogP contribution in [0.15, 0.2) is 59.0 Å². The first kappa shape index (κ1) is 20.2. The summed E-state index contributed by atoms with van der Waals surface area (Å²) in [5.41, 5.74) is 0.958. The number of ether oxygens (including phenoxy) is 1. The molecule has 2 amide bonds. The summed E-state index contributed by atoms with van der Waals surface area (Å²) < 4.78 is 45.8. The second-order valence-electron chi connectivity index (χ2n) is 6.14. The first-order valence-electron chi connectivity index (χ1n) is 8.72. The van der Waals surface area contributed by atoms with Gasteiger partial charge in [-0.25, -0.2) is 0 Å². The number of hydrogen-bond donors (Lipinski definition) is 2. The third-order valence-corrected chi connectivity index (χ3v) is 3.91. The zero-order valence-corrected chi connectivity index (χ0v) is 15.1. The normalized spacial score (nSPS) is 11.3. The van der Waals surface area contributed by atoms with E-state index < -0.39 is 23.9 Å². The topological polar surface area (TPSA) is 80.6 Å². The highest BCUT2D eigenvalue weighted by atomic mass is 19.4. The number of amides is 2. The van der Waals surface area contributed by atoms with Crippen molar-refractivity contribution in [1.29, 1.82) is 0 Å². The van der Waals surface area contributed by atoms with E-state index in [1.54, 1.807) is 0 Å². The van der Waals surface area contributed by atoms with Gasteiger partial charge in [-0.15, -0.1) is 13.2 Å². The largest absolute Gasteiger partial charge is 0.573 e. The molecule has 0 saturated heterocycles. The Bertz CT molecular complexity index is 964. The van der Waals surface area contributed by atoms with Crippen molar-refractivity contribution in [3.63, 3.8) is 0 Å². The third kappa shape index (κ3) is 6.00. The van der Waals surface area contributed by atoms with Crippen LogP contribution in [0.25, 0.3) is 11.0 Å². The summed E-state index contributed by atoms with van der Waals surface area (Å²) in [4.78, 5) is 23.7. The van der Waals surface area contributed by atoms with Gasteiger partial charge in [0.25, 0.3) is 0 Å². The van der Waals surface area contributed by atoms with Gasteiger partial charge < -0.3 is 19.8 Å². The summed E-state index contributed by atoms with van der Waals surface area (Å²) in [6.07, 6.45) is -3.63. The standard InChI is InChI=1S/C20H17F3N2O4/c21-20(22,23)29-15-9-7-14(8-10-15)25-19(27)18(26)24-11-3-5-16-12-13-4-1-2-6-17(13)28-16/h1-2,4,6-10,12H,3,5,11H2,(H,24,26)(H,25,27). The van der Waals surface area contributed by atoms with E-state index in [0.717, 1.165) is 28.9 Å². The van der Waals surface area contributed by atoms with Crippen molar-refractivity contribution >= 4 is 28.5 Å². The average molecular weight is 406 g/mol. The van der Waals surface area contributed by atoms with Crippen molar-refractivity contribution in [3.05, 3.63) is 60.4 Å². The van der Waals surface area contributed by atoms with Crippen LogP contribution in [0.2, 0.25) is 0 Å². The van der Waals surface area contributed by atoms with Gasteiger partial charge in [-0.1, -0.05) is 18.2 Å². The lowest BCUT2D eigenvalue weighted by Crippen LogP contribution is -2.36. The highest BCUT2D eigenvalue weighted by Gasteiger charge is 2.31. The second kappa shape index (κ2) is 8.68. The Hall–Kier alpha value is -3.49. The van der Waals surface area contributed by atoms with Gasteiger partial charge in [0.1, 0.15) is 17.1 Å². The Morgan fingerprint density at radius 1 is 1.00 bits per heavy atom. The second-order valence-corrected chi connectivity index (χ2v) is 6.14. The molecule has 2 aromatic carbocycles. The molecular formula is C20H17F3N2O4. The van der Waals surface area contributed by atoms with E-state index in [1.807, 2.05) is 30.3 Å². The van der Waals surface area contributed by atoms with Gasteiger partial charge in [-0.2, -0.15) is 0 Å². The van der Waals surface area contributed by atoms with Crippen molar-refractivity contribution in [2.75, 3.05) is 11.9 Å². The molecule has 0 atom stereocenters. The number of anilines is 1. The molecule has 3 aromatic rings. The number of halogens is 3. The van der Waals surface area contributed by atoms with Gasteiger partial charge in [0.05, 0.1) is 0 Å². The lowest BCUT2D eigenvalue weighted by molar-refractivity contribution is -0.274. The highest BCUT2D eigenvalue weighted by Crippen LogP contribution is 2.24. The number of nitrogens with one attached hydrogen (secondary N) is 2. The van der Waals surface area contributed by atoms with Crippen LogP contribution in [0.3, 0.4) is 0 Å². The van der Waals surface area contributed by atoms with Crippen LogP contribution in [0.1, 0.15) is 12.2 Å². The van der Waals surface area contributed by atoms with Gasteiger partial charge in [0.15, 0.2) is 0 Å². The van der Waals surface area contributed by atoms with Crippen LogP contribution in [0, 0.1) is 0 Å². The number of carbonyl (C=O) groups is 2. The van der Waals surface area contributed by atoms with E-state index >= 15 is 0 Å². The molecule has 152 valence electrons. The molecule has 9 heteroatoms. The molecule has 6 nitrogen and oxygen atoms in total. The zero-order valence-electron chi connectivity index (χ0n) is 15.1. The molecule has 0 bridgehead atoms. The number of rotatable bonds is 6. The predicted octanol–water partition coefficient (Wildman–Crippen LogP) is 4.02. The van der Waals surface area contributed by atoms with E-state index in [2.05, 4.69) is 15.4 Å². The quantitative estimate of drug-likeness (QED) is 0.479. The van der Waals surface area contributed by atoms with Crippen LogP contribution in [0.5, 0.6) is 5.75 Å². The molecular weight excluding hydrogens is 389 g/mol. The summed E-state index contributed by atoms with van der Waals surface area (Å²) in [5.74, 6) is -1.40. The van der Waals surface area contributed by atoms with Gasteiger partial charge in [0, 0.05) is 24.0 Å². The molecule has 0 fully saturated rings. The Labute approximate surface area is 163 Å². The number of hydrogen-bond acceptors (Lipinski definition) is 4. The molecule has 0 saturated carbocycles. The fourth-order valence-electron chi connectivity index (χ4n) is 2.63. The van der Waals surface area contributed by atoms with Crippen LogP contribution < -0.4 is 15.4 Å². The highest BCUT2D eigenvalue weighted by molar-refractivity contribution is 6.39. The number of para-hydroxylation sites is 1. The minimum atomic E-state index is -4.80. The van der Waals surface area contributed by atoms with Crippen molar-refractivity contribution in [2.45, 2.75) is 19.2 Å². The monoisotopic (exact) mass is 406 g/mol. The van der Waals surface area contributed by atoms with E-state index in [4.69, 9.17) is 4.42 Å². The molecule has 1 heterocycles. The SMILES string of the molecule is O=C(NCCCc1cc2ccccc2o1)C(=O)Nc1ccc(OC(F)(F)F)cc1. The Morgan fingerprint density at radius 3 is 2.41 bits per heavy atom. The number of carbonyl (C=O) groups excluding carboxylic acids is 2. The Balaban J connectivity index is 1.41. The summed E-state index contributed by atoms with van der Waals surface area (Å²) in [6, 6.07) is 14.0. The number of furan rings is 1.